The highest BCUT2D eigenvalue weighted by molar-refractivity contribution is 5.07. The van der Waals surface area contributed by atoms with Crippen molar-refractivity contribution < 1.29 is 4.74 Å². The SMILES string of the molecule is NC[C@@H](N)COCc1ccncc1. The number of nitrogens with two attached hydrogens (primary N) is 2. The second-order valence-corrected chi connectivity index (χ2v) is 2.87. The summed E-state index contributed by atoms with van der Waals surface area (Å²) in [4.78, 5) is 3.90. The molecular formula is C9H15N3O. The van der Waals surface area contributed by atoms with Gasteiger partial charge < -0.3 is 16.2 Å². The van der Waals surface area contributed by atoms with E-state index >= 15 is 0 Å². The topological polar surface area (TPSA) is 74.2 Å². The average Bonchev–Trinajstić information content (AvgIpc) is 2.19. The van der Waals surface area contributed by atoms with Crippen LogP contribution in [-0.2, 0) is 11.3 Å². The van der Waals surface area contributed by atoms with Gasteiger partial charge in [0.25, 0.3) is 0 Å². The maximum Gasteiger partial charge on any atom is 0.0718 e. The van der Waals surface area contributed by atoms with E-state index in [4.69, 9.17) is 16.2 Å². The van der Waals surface area contributed by atoms with E-state index in [1.54, 1.807) is 12.4 Å². The summed E-state index contributed by atoms with van der Waals surface area (Å²) in [6, 6.07) is 3.75. The molecule has 0 radical (unpaired) electrons. The minimum Gasteiger partial charge on any atom is -0.375 e. The third kappa shape index (κ3) is 3.98. The molecule has 1 heterocycles. The molecule has 1 aromatic rings. The second-order valence-electron chi connectivity index (χ2n) is 2.87. The van der Waals surface area contributed by atoms with Crippen LogP contribution in [0.3, 0.4) is 0 Å². The van der Waals surface area contributed by atoms with Crippen molar-refractivity contribution in [2.75, 3.05) is 13.2 Å². The first-order chi connectivity index (χ1) is 6.33. The molecule has 0 saturated heterocycles. The first-order valence-corrected chi connectivity index (χ1v) is 4.25. The number of aromatic nitrogens is 1. The van der Waals surface area contributed by atoms with Crippen molar-refractivity contribution in [3.63, 3.8) is 0 Å². The van der Waals surface area contributed by atoms with Crippen LogP contribution in [-0.4, -0.2) is 24.2 Å². The van der Waals surface area contributed by atoms with Gasteiger partial charge in [-0.25, -0.2) is 0 Å². The molecule has 0 aliphatic carbocycles. The number of pyridine rings is 1. The van der Waals surface area contributed by atoms with Gasteiger partial charge in [0.05, 0.1) is 13.2 Å². The van der Waals surface area contributed by atoms with Crippen LogP contribution >= 0.6 is 0 Å². The Morgan fingerprint density at radius 2 is 2.08 bits per heavy atom. The van der Waals surface area contributed by atoms with Crippen molar-refractivity contribution in [1.82, 2.24) is 4.98 Å². The van der Waals surface area contributed by atoms with Crippen molar-refractivity contribution in [2.45, 2.75) is 12.6 Å². The van der Waals surface area contributed by atoms with E-state index < -0.39 is 0 Å². The molecule has 0 amide bonds. The van der Waals surface area contributed by atoms with Crippen LogP contribution in [0.15, 0.2) is 24.5 Å². The van der Waals surface area contributed by atoms with Crippen molar-refractivity contribution in [3.05, 3.63) is 30.1 Å². The molecule has 0 aliphatic heterocycles. The van der Waals surface area contributed by atoms with Crippen LogP contribution < -0.4 is 11.5 Å². The summed E-state index contributed by atoms with van der Waals surface area (Å²) in [7, 11) is 0. The lowest BCUT2D eigenvalue weighted by molar-refractivity contribution is 0.109. The Kier molecular flexibility index (Phi) is 4.39. The monoisotopic (exact) mass is 181 g/mol. The molecule has 72 valence electrons. The lowest BCUT2D eigenvalue weighted by Gasteiger charge is -2.08. The van der Waals surface area contributed by atoms with E-state index in [0.29, 0.717) is 19.8 Å². The summed E-state index contributed by atoms with van der Waals surface area (Å²) in [6.07, 6.45) is 3.48. The molecule has 1 atom stereocenters. The van der Waals surface area contributed by atoms with Gasteiger partial charge >= 0.3 is 0 Å². The number of rotatable bonds is 5. The highest BCUT2D eigenvalue weighted by atomic mass is 16.5. The zero-order chi connectivity index (χ0) is 9.52. The molecule has 4 heteroatoms. The highest BCUT2D eigenvalue weighted by Gasteiger charge is 1.98. The number of hydrogen-bond donors (Lipinski definition) is 2. The Morgan fingerprint density at radius 3 is 2.69 bits per heavy atom. The molecule has 13 heavy (non-hydrogen) atoms. The van der Waals surface area contributed by atoms with Gasteiger partial charge in [-0.3, -0.25) is 4.98 Å². The molecule has 0 saturated carbocycles. The maximum absolute atomic E-state index is 5.57. The van der Waals surface area contributed by atoms with Crippen LogP contribution in [0, 0.1) is 0 Å². The highest BCUT2D eigenvalue weighted by Crippen LogP contribution is 1.98. The van der Waals surface area contributed by atoms with Gasteiger partial charge in [-0.2, -0.15) is 0 Å². The molecule has 4 N–H and O–H groups in total. The predicted molar refractivity (Wildman–Crippen MR) is 50.9 cm³/mol. The Bertz CT molecular complexity index is 228. The fourth-order valence-corrected chi connectivity index (χ4v) is 0.875. The van der Waals surface area contributed by atoms with Gasteiger partial charge in [-0.1, -0.05) is 0 Å². The summed E-state index contributed by atoms with van der Waals surface area (Å²) in [5, 5.41) is 0. The standard InChI is InChI=1S/C9H15N3O/c10-5-9(11)7-13-6-8-1-3-12-4-2-8/h1-4,9H,5-7,10-11H2/t9-/m1/s1. The largest absolute Gasteiger partial charge is 0.375 e. The Balaban J connectivity index is 2.20. The smallest absolute Gasteiger partial charge is 0.0718 e. The van der Waals surface area contributed by atoms with Crippen LogP contribution in [0.25, 0.3) is 0 Å². The van der Waals surface area contributed by atoms with E-state index in [1.165, 1.54) is 0 Å². The lowest BCUT2D eigenvalue weighted by atomic mass is 10.3. The molecular weight excluding hydrogens is 166 g/mol. The first kappa shape index (κ1) is 10.1. The van der Waals surface area contributed by atoms with Gasteiger partial charge in [0.15, 0.2) is 0 Å². The van der Waals surface area contributed by atoms with Gasteiger partial charge in [0.2, 0.25) is 0 Å². The zero-order valence-corrected chi connectivity index (χ0v) is 7.52. The van der Waals surface area contributed by atoms with E-state index in [1.807, 2.05) is 12.1 Å². The normalized spacial score (nSPS) is 12.8. The van der Waals surface area contributed by atoms with Gasteiger partial charge in [0, 0.05) is 25.0 Å². The molecule has 0 fully saturated rings. The minimum atomic E-state index is -0.0677. The molecule has 4 nitrogen and oxygen atoms in total. The predicted octanol–water partition coefficient (Wildman–Crippen LogP) is -0.116. The molecule has 0 aromatic carbocycles. The minimum absolute atomic E-state index is 0.0677. The summed E-state index contributed by atoms with van der Waals surface area (Å²) >= 11 is 0. The maximum atomic E-state index is 5.57. The fraction of sp³-hybridized carbons (Fsp3) is 0.444. The molecule has 1 rings (SSSR count). The van der Waals surface area contributed by atoms with Crippen LogP contribution in [0.4, 0.5) is 0 Å². The van der Waals surface area contributed by atoms with E-state index in [9.17, 15) is 0 Å². The summed E-state index contributed by atoms with van der Waals surface area (Å²) in [5.74, 6) is 0. The van der Waals surface area contributed by atoms with Gasteiger partial charge in [0.1, 0.15) is 0 Å². The van der Waals surface area contributed by atoms with E-state index in [-0.39, 0.29) is 6.04 Å². The molecule has 0 bridgehead atoms. The van der Waals surface area contributed by atoms with Crippen molar-refractivity contribution in [2.24, 2.45) is 11.5 Å². The fourth-order valence-electron chi connectivity index (χ4n) is 0.875. The van der Waals surface area contributed by atoms with Crippen LogP contribution in [0.1, 0.15) is 5.56 Å². The number of hydrogen-bond acceptors (Lipinski definition) is 4. The zero-order valence-electron chi connectivity index (χ0n) is 7.52. The molecule has 0 unspecified atom stereocenters. The summed E-state index contributed by atoms with van der Waals surface area (Å²) in [5.41, 5.74) is 12.0. The van der Waals surface area contributed by atoms with Crippen LogP contribution in [0.5, 0.6) is 0 Å². The van der Waals surface area contributed by atoms with Crippen molar-refractivity contribution in [1.29, 1.82) is 0 Å². The van der Waals surface area contributed by atoms with Gasteiger partial charge in [-0.15, -0.1) is 0 Å². The van der Waals surface area contributed by atoms with Gasteiger partial charge in [-0.05, 0) is 17.7 Å². The first-order valence-electron chi connectivity index (χ1n) is 4.25. The van der Waals surface area contributed by atoms with E-state index in [0.717, 1.165) is 5.56 Å². The Labute approximate surface area is 77.9 Å². The van der Waals surface area contributed by atoms with Crippen molar-refractivity contribution in [3.8, 4) is 0 Å². The van der Waals surface area contributed by atoms with E-state index in [2.05, 4.69) is 4.98 Å². The average molecular weight is 181 g/mol. The third-order valence-corrected chi connectivity index (χ3v) is 1.65. The van der Waals surface area contributed by atoms with Crippen molar-refractivity contribution >= 4 is 0 Å². The molecule has 1 aromatic heterocycles. The van der Waals surface area contributed by atoms with Crippen LogP contribution in [0.2, 0.25) is 0 Å². The third-order valence-electron chi connectivity index (χ3n) is 1.65. The number of nitrogens with zero attached hydrogens (tertiary/aromatic N) is 1. The number of ether oxygens (including phenoxy) is 1. The summed E-state index contributed by atoms with van der Waals surface area (Å²) in [6.45, 7) is 1.52. The Hall–Kier alpha value is -0.970. The summed E-state index contributed by atoms with van der Waals surface area (Å²) < 4.78 is 5.34. The lowest BCUT2D eigenvalue weighted by Crippen LogP contribution is -2.34. The Morgan fingerprint density at radius 1 is 1.38 bits per heavy atom. The molecule has 0 aliphatic rings. The second kappa shape index (κ2) is 5.64. The quantitative estimate of drug-likeness (QED) is 0.664. The molecule has 0 spiro atoms.